The van der Waals surface area contributed by atoms with Crippen LogP contribution in [-0.4, -0.2) is 56.4 Å². The van der Waals surface area contributed by atoms with Crippen LogP contribution in [0.2, 0.25) is 0 Å². The minimum absolute atomic E-state index is 0.131. The average Bonchev–Trinajstić information content (AvgIpc) is 3.60. The maximum absolute atomic E-state index is 12.2. The molecule has 1 atom stereocenters. The van der Waals surface area contributed by atoms with E-state index in [1.165, 1.54) is 6.33 Å². The Bertz CT molecular complexity index is 1420. The monoisotopic (exact) mass is 468 g/mol. The highest BCUT2D eigenvalue weighted by Crippen LogP contribution is 2.55. The summed E-state index contributed by atoms with van der Waals surface area (Å²) in [5, 5.41) is 5.73. The van der Waals surface area contributed by atoms with E-state index in [0.29, 0.717) is 12.4 Å². The maximum atomic E-state index is 12.2. The predicted octanol–water partition coefficient (Wildman–Crippen LogP) is 3.43. The van der Waals surface area contributed by atoms with Crippen molar-refractivity contribution in [2.24, 2.45) is 5.41 Å². The predicted molar refractivity (Wildman–Crippen MR) is 129 cm³/mol. The molecule has 1 saturated carbocycles. The Morgan fingerprint density at radius 1 is 1.03 bits per heavy atom. The number of nitrogens with two attached hydrogens (primary N) is 1. The summed E-state index contributed by atoms with van der Waals surface area (Å²) in [6.07, 6.45) is 3.22. The number of carbonyl (C=O) groups excluding carboxylic acids is 1. The Balaban J connectivity index is 1.14. The number of fused-ring (bicyclic) bond motifs is 1. The molecular formula is C26H24N6O3. The number of ether oxygens (including phenoxy) is 2. The number of anilines is 1. The van der Waals surface area contributed by atoms with Gasteiger partial charge in [-0.25, -0.2) is 14.6 Å². The summed E-state index contributed by atoms with van der Waals surface area (Å²) in [4.78, 5) is 22.9. The minimum atomic E-state index is -0.204. The zero-order valence-corrected chi connectivity index (χ0v) is 19.0. The highest BCUT2D eigenvalue weighted by molar-refractivity contribution is 5.98. The van der Waals surface area contributed by atoms with E-state index in [1.807, 2.05) is 64.2 Å². The van der Waals surface area contributed by atoms with Crippen molar-refractivity contribution in [3.63, 3.8) is 0 Å². The van der Waals surface area contributed by atoms with Crippen LogP contribution in [0.4, 0.5) is 5.82 Å². The van der Waals surface area contributed by atoms with Crippen LogP contribution in [0.1, 0.15) is 18.9 Å². The van der Waals surface area contributed by atoms with Gasteiger partial charge in [0.15, 0.2) is 11.8 Å². The average molecular weight is 469 g/mol. The summed E-state index contributed by atoms with van der Waals surface area (Å²) in [7, 11) is 0. The van der Waals surface area contributed by atoms with E-state index in [-0.39, 0.29) is 23.5 Å². The number of amides is 1. The Hall–Kier alpha value is -3.98. The molecule has 1 unspecified atom stereocenters. The zero-order chi connectivity index (χ0) is 23.6. The van der Waals surface area contributed by atoms with Gasteiger partial charge in [-0.1, -0.05) is 18.2 Å². The molecule has 7 rings (SSSR count). The fourth-order valence-electron chi connectivity index (χ4n) is 5.44. The van der Waals surface area contributed by atoms with E-state index in [4.69, 9.17) is 20.3 Å². The topological polar surface area (TPSA) is 112 Å². The first kappa shape index (κ1) is 20.4. The standard InChI is InChI=1S/C26H24N6O3/c27-23-21-22(16-6-8-19(9-7-16)35-18-4-2-1-3-5-18)30-32(24(21)29-15-28-23)17-10-26(11-17)13-31(14-26)25(33)20-12-34-20/h1-9,15,17,20H,10-14H2,(H2,27,28,29). The third-order valence-electron chi connectivity index (χ3n) is 7.28. The molecule has 2 aromatic carbocycles. The molecule has 9 heteroatoms. The van der Waals surface area contributed by atoms with Gasteiger partial charge in [0.25, 0.3) is 5.91 Å². The van der Waals surface area contributed by atoms with Gasteiger partial charge >= 0.3 is 0 Å². The Kier molecular flexibility index (Phi) is 4.38. The molecule has 1 aliphatic carbocycles. The van der Waals surface area contributed by atoms with Gasteiger partial charge in [0, 0.05) is 24.1 Å². The molecule has 9 nitrogen and oxygen atoms in total. The molecule has 176 valence electrons. The van der Waals surface area contributed by atoms with Crippen LogP contribution in [0.5, 0.6) is 11.5 Å². The van der Waals surface area contributed by atoms with E-state index in [1.54, 1.807) is 0 Å². The lowest BCUT2D eigenvalue weighted by atomic mass is 9.60. The van der Waals surface area contributed by atoms with Gasteiger partial charge in [0.2, 0.25) is 0 Å². The number of hydrogen-bond donors (Lipinski definition) is 1. The first-order valence-corrected chi connectivity index (χ1v) is 11.8. The molecule has 2 aromatic heterocycles. The molecule has 4 heterocycles. The number of nitrogen functional groups attached to an aromatic ring is 1. The summed E-state index contributed by atoms with van der Waals surface area (Å²) >= 11 is 0. The number of carbonyl (C=O) groups is 1. The van der Waals surface area contributed by atoms with Crippen LogP contribution in [0.3, 0.4) is 0 Å². The van der Waals surface area contributed by atoms with Crippen LogP contribution in [0.15, 0.2) is 60.9 Å². The summed E-state index contributed by atoms with van der Waals surface area (Å²) in [5.74, 6) is 2.08. The summed E-state index contributed by atoms with van der Waals surface area (Å²) in [6, 6.07) is 17.7. The molecule has 3 fully saturated rings. The third-order valence-corrected chi connectivity index (χ3v) is 7.28. The lowest BCUT2D eigenvalue weighted by Crippen LogP contribution is -2.64. The van der Waals surface area contributed by atoms with Crippen LogP contribution >= 0.6 is 0 Å². The summed E-state index contributed by atoms with van der Waals surface area (Å²) in [5.41, 5.74) is 8.91. The lowest BCUT2D eigenvalue weighted by Gasteiger charge is -2.58. The van der Waals surface area contributed by atoms with Gasteiger partial charge in [-0.15, -0.1) is 0 Å². The van der Waals surface area contributed by atoms with Gasteiger partial charge in [0.1, 0.15) is 29.3 Å². The number of aromatic nitrogens is 4. The van der Waals surface area contributed by atoms with Crippen LogP contribution < -0.4 is 10.5 Å². The van der Waals surface area contributed by atoms with Crippen molar-refractivity contribution in [3.05, 3.63) is 60.9 Å². The number of para-hydroxylation sites is 1. The second-order valence-electron chi connectivity index (χ2n) is 9.77. The maximum Gasteiger partial charge on any atom is 0.254 e. The number of rotatable bonds is 5. The molecule has 0 radical (unpaired) electrons. The zero-order valence-electron chi connectivity index (χ0n) is 19.0. The first-order chi connectivity index (χ1) is 17.1. The lowest BCUT2D eigenvalue weighted by molar-refractivity contribution is -0.155. The largest absolute Gasteiger partial charge is 0.457 e. The van der Waals surface area contributed by atoms with Crippen molar-refractivity contribution < 1.29 is 14.3 Å². The molecule has 2 saturated heterocycles. The van der Waals surface area contributed by atoms with E-state index >= 15 is 0 Å². The SMILES string of the molecule is Nc1ncnc2c1c(-c1ccc(Oc3ccccc3)cc1)nn2C1CC2(C1)CN(C(=O)C1CO1)C2. The molecule has 4 aromatic rings. The molecule has 3 aliphatic rings. The Labute approximate surface area is 201 Å². The normalized spacial score (nSPS) is 20.5. The molecule has 1 spiro atoms. The summed E-state index contributed by atoms with van der Waals surface area (Å²) < 4.78 is 13.1. The molecule has 35 heavy (non-hydrogen) atoms. The number of nitrogens with zero attached hydrogens (tertiary/aromatic N) is 5. The van der Waals surface area contributed by atoms with Gasteiger partial charge in [-0.2, -0.15) is 5.10 Å². The van der Waals surface area contributed by atoms with Gasteiger partial charge in [0.05, 0.1) is 18.0 Å². The van der Waals surface area contributed by atoms with Crippen LogP contribution in [0, 0.1) is 5.41 Å². The van der Waals surface area contributed by atoms with E-state index < -0.39 is 0 Å². The van der Waals surface area contributed by atoms with Crippen molar-refractivity contribution in [3.8, 4) is 22.8 Å². The van der Waals surface area contributed by atoms with Crippen molar-refractivity contribution >= 4 is 22.8 Å². The van der Waals surface area contributed by atoms with Crippen LogP contribution in [0.25, 0.3) is 22.3 Å². The van der Waals surface area contributed by atoms with Gasteiger partial charge < -0.3 is 20.1 Å². The first-order valence-electron chi connectivity index (χ1n) is 11.8. The van der Waals surface area contributed by atoms with Gasteiger partial charge in [-0.05, 0) is 49.2 Å². The van der Waals surface area contributed by atoms with E-state index in [9.17, 15) is 4.79 Å². The minimum Gasteiger partial charge on any atom is -0.457 e. The number of epoxide rings is 1. The fraction of sp³-hybridized carbons (Fsp3) is 0.308. The quantitative estimate of drug-likeness (QED) is 0.447. The van der Waals surface area contributed by atoms with Crippen molar-refractivity contribution in [1.82, 2.24) is 24.6 Å². The number of likely N-dealkylation sites (tertiary alicyclic amines) is 1. The van der Waals surface area contributed by atoms with Crippen molar-refractivity contribution in [2.75, 3.05) is 25.4 Å². The third kappa shape index (κ3) is 3.42. The van der Waals surface area contributed by atoms with Gasteiger partial charge in [-0.3, -0.25) is 4.79 Å². The highest BCUT2D eigenvalue weighted by atomic mass is 16.6. The second-order valence-corrected chi connectivity index (χ2v) is 9.77. The fourth-order valence-corrected chi connectivity index (χ4v) is 5.44. The molecular weight excluding hydrogens is 444 g/mol. The Morgan fingerprint density at radius 3 is 2.46 bits per heavy atom. The van der Waals surface area contributed by atoms with E-state index in [0.717, 1.165) is 59.7 Å². The number of benzene rings is 2. The second kappa shape index (κ2) is 7.51. The summed E-state index contributed by atoms with van der Waals surface area (Å²) in [6.45, 7) is 2.16. The molecule has 2 aliphatic heterocycles. The molecule has 0 bridgehead atoms. The van der Waals surface area contributed by atoms with Crippen molar-refractivity contribution in [1.29, 1.82) is 0 Å². The highest BCUT2D eigenvalue weighted by Gasteiger charge is 2.56. The Morgan fingerprint density at radius 2 is 1.74 bits per heavy atom. The molecule has 2 N–H and O–H groups in total. The van der Waals surface area contributed by atoms with Crippen molar-refractivity contribution in [2.45, 2.75) is 25.0 Å². The smallest absolute Gasteiger partial charge is 0.254 e. The van der Waals surface area contributed by atoms with E-state index in [2.05, 4.69) is 9.97 Å². The molecule has 1 amide bonds. The van der Waals surface area contributed by atoms with Crippen LogP contribution in [-0.2, 0) is 9.53 Å². The number of hydrogen-bond acceptors (Lipinski definition) is 7.